The number of hydrogen-bond acceptors (Lipinski definition) is 6. The first-order valence-electron chi connectivity index (χ1n) is 11.3. The standard InChI is InChI=1S/C26H24Cl2F2N4O4/c1-25(31,13-33-11-9-15-19(33)5-3-17(29)23(15)27)37-21(35)7-8-22(36)38-26(2,32)14-34-12-10-16-20(34)6-4-18(30)24(16)28/h3-12H,13-14,31-32H2,1-2H3/b8-7+/t25-,26-/m0/s1. The Morgan fingerprint density at radius 3 is 1.53 bits per heavy atom. The highest BCUT2D eigenvalue weighted by atomic mass is 35.5. The van der Waals surface area contributed by atoms with Crippen LogP contribution >= 0.6 is 23.2 Å². The monoisotopic (exact) mass is 564 g/mol. The van der Waals surface area contributed by atoms with Gasteiger partial charge in [-0.15, -0.1) is 0 Å². The number of hydrogen-bond donors (Lipinski definition) is 2. The first kappa shape index (κ1) is 27.6. The number of nitrogens with two attached hydrogens (primary N) is 2. The summed E-state index contributed by atoms with van der Waals surface area (Å²) in [5, 5.41) is 0.940. The highest BCUT2D eigenvalue weighted by Gasteiger charge is 2.26. The molecule has 0 saturated carbocycles. The van der Waals surface area contributed by atoms with Gasteiger partial charge in [-0.05, 0) is 50.2 Å². The van der Waals surface area contributed by atoms with Crippen LogP contribution in [0.5, 0.6) is 0 Å². The van der Waals surface area contributed by atoms with Crippen molar-refractivity contribution in [2.75, 3.05) is 0 Å². The van der Waals surface area contributed by atoms with Gasteiger partial charge in [0.25, 0.3) is 0 Å². The minimum Gasteiger partial charge on any atom is -0.439 e. The van der Waals surface area contributed by atoms with Crippen molar-refractivity contribution in [3.63, 3.8) is 0 Å². The van der Waals surface area contributed by atoms with Crippen molar-refractivity contribution in [3.8, 4) is 0 Å². The smallest absolute Gasteiger partial charge is 0.332 e. The Labute approximate surface area is 226 Å². The van der Waals surface area contributed by atoms with E-state index in [1.807, 2.05) is 0 Å². The van der Waals surface area contributed by atoms with E-state index in [4.69, 9.17) is 44.1 Å². The van der Waals surface area contributed by atoms with Gasteiger partial charge in [-0.2, -0.15) is 0 Å². The van der Waals surface area contributed by atoms with Crippen LogP contribution in [0.4, 0.5) is 8.78 Å². The Morgan fingerprint density at radius 1 is 0.789 bits per heavy atom. The van der Waals surface area contributed by atoms with Crippen LogP contribution in [0.1, 0.15) is 13.8 Å². The topological polar surface area (TPSA) is 114 Å². The molecule has 0 saturated heterocycles. The molecule has 4 rings (SSSR count). The summed E-state index contributed by atoms with van der Waals surface area (Å²) < 4.78 is 41.3. The average molecular weight is 565 g/mol. The molecule has 0 bridgehead atoms. The molecule has 2 atom stereocenters. The number of benzene rings is 2. The second-order valence-electron chi connectivity index (χ2n) is 9.28. The van der Waals surface area contributed by atoms with Gasteiger partial charge in [0.2, 0.25) is 0 Å². The zero-order valence-electron chi connectivity index (χ0n) is 20.4. The number of halogens is 4. The highest BCUT2D eigenvalue weighted by molar-refractivity contribution is 6.36. The van der Waals surface area contributed by atoms with E-state index >= 15 is 0 Å². The Hall–Kier alpha value is -3.44. The van der Waals surface area contributed by atoms with Crippen molar-refractivity contribution in [1.82, 2.24) is 9.13 Å². The van der Waals surface area contributed by atoms with Gasteiger partial charge in [0.05, 0.1) is 23.1 Å². The van der Waals surface area contributed by atoms with Gasteiger partial charge >= 0.3 is 11.9 Å². The van der Waals surface area contributed by atoms with Crippen molar-refractivity contribution in [1.29, 1.82) is 0 Å². The number of rotatable bonds is 8. The van der Waals surface area contributed by atoms with Crippen LogP contribution < -0.4 is 11.5 Å². The third-order valence-electron chi connectivity index (χ3n) is 5.67. The van der Waals surface area contributed by atoms with Gasteiger partial charge in [-0.25, -0.2) is 18.4 Å². The van der Waals surface area contributed by atoms with Crippen LogP contribution in [0.25, 0.3) is 21.8 Å². The Morgan fingerprint density at radius 2 is 1.16 bits per heavy atom. The molecule has 0 aliphatic heterocycles. The predicted molar refractivity (Wildman–Crippen MR) is 140 cm³/mol. The molecule has 0 unspecified atom stereocenters. The molecule has 8 nitrogen and oxygen atoms in total. The number of esters is 2. The highest BCUT2D eigenvalue weighted by Crippen LogP contribution is 2.29. The predicted octanol–water partition coefficient (Wildman–Crippen LogP) is 4.87. The van der Waals surface area contributed by atoms with Gasteiger partial charge in [0.15, 0.2) is 11.4 Å². The van der Waals surface area contributed by atoms with Crippen molar-refractivity contribution in [2.45, 2.75) is 38.4 Å². The maximum atomic E-state index is 13.7. The van der Waals surface area contributed by atoms with Gasteiger partial charge in [0.1, 0.15) is 11.6 Å². The quantitative estimate of drug-likeness (QED) is 0.179. The first-order chi connectivity index (χ1) is 17.8. The molecule has 38 heavy (non-hydrogen) atoms. The molecule has 2 aromatic heterocycles. The van der Waals surface area contributed by atoms with E-state index in [0.717, 1.165) is 12.2 Å². The Bertz CT molecular complexity index is 1460. The van der Waals surface area contributed by atoms with Gasteiger partial charge in [-0.3, -0.25) is 11.5 Å². The second kappa shape index (κ2) is 10.4. The summed E-state index contributed by atoms with van der Waals surface area (Å²) in [5.41, 5.74) is 10.5. The van der Waals surface area contributed by atoms with E-state index < -0.39 is 35.0 Å². The molecule has 0 aliphatic carbocycles. The number of carbonyl (C=O) groups is 2. The van der Waals surface area contributed by atoms with Crippen LogP contribution in [-0.4, -0.2) is 32.5 Å². The molecule has 0 fully saturated rings. The lowest BCUT2D eigenvalue weighted by Gasteiger charge is -2.26. The fraction of sp³-hybridized carbons (Fsp3) is 0.231. The van der Waals surface area contributed by atoms with Crippen molar-refractivity contribution in [2.24, 2.45) is 11.5 Å². The summed E-state index contributed by atoms with van der Waals surface area (Å²) in [4.78, 5) is 24.7. The zero-order valence-corrected chi connectivity index (χ0v) is 21.9. The normalized spacial score (nSPS) is 15.1. The molecule has 0 amide bonds. The molecule has 0 spiro atoms. The molecule has 200 valence electrons. The van der Waals surface area contributed by atoms with Crippen molar-refractivity contribution < 1.29 is 27.8 Å². The molecule has 2 heterocycles. The molecule has 0 aliphatic rings. The minimum atomic E-state index is -1.48. The summed E-state index contributed by atoms with van der Waals surface area (Å²) in [6.45, 7) is 3.01. The largest absolute Gasteiger partial charge is 0.439 e. The van der Waals surface area contributed by atoms with E-state index in [0.29, 0.717) is 21.8 Å². The van der Waals surface area contributed by atoms with Crippen LogP contribution in [0.15, 0.2) is 60.9 Å². The average Bonchev–Trinajstić information content (AvgIpc) is 3.40. The van der Waals surface area contributed by atoms with E-state index in [1.165, 1.54) is 38.1 Å². The summed E-state index contributed by atoms with van der Waals surface area (Å²) in [6, 6.07) is 8.79. The molecule has 0 radical (unpaired) electrons. The van der Waals surface area contributed by atoms with E-state index in [9.17, 15) is 18.4 Å². The lowest BCUT2D eigenvalue weighted by molar-refractivity contribution is -0.155. The number of aromatic nitrogens is 2. The third-order valence-corrected chi connectivity index (χ3v) is 6.44. The van der Waals surface area contributed by atoms with Gasteiger partial charge < -0.3 is 18.6 Å². The van der Waals surface area contributed by atoms with Gasteiger partial charge in [0, 0.05) is 46.4 Å². The maximum absolute atomic E-state index is 13.7. The lowest BCUT2D eigenvalue weighted by Crippen LogP contribution is -2.45. The molecule has 4 N–H and O–H groups in total. The third kappa shape index (κ3) is 5.99. The zero-order chi connectivity index (χ0) is 27.8. The summed E-state index contributed by atoms with van der Waals surface area (Å²) in [7, 11) is 0. The maximum Gasteiger partial charge on any atom is 0.332 e. The number of nitrogens with zero attached hydrogens (tertiary/aromatic N) is 2. The summed E-state index contributed by atoms with van der Waals surface area (Å²) in [6.07, 6.45) is 5.03. The Balaban J connectivity index is 1.36. The molecular formula is C26H24Cl2F2N4O4. The van der Waals surface area contributed by atoms with Crippen LogP contribution in [0, 0.1) is 11.6 Å². The van der Waals surface area contributed by atoms with Gasteiger partial charge in [-0.1, -0.05) is 23.2 Å². The fourth-order valence-corrected chi connectivity index (χ4v) is 4.55. The number of ether oxygens (including phenoxy) is 2. The van der Waals surface area contributed by atoms with E-state index in [-0.39, 0.29) is 23.1 Å². The first-order valence-corrected chi connectivity index (χ1v) is 12.1. The number of fused-ring (bicyclic) bond motifs is 2. The van der Waals surface area contributed by atoms with Crippen molar-refractivity contribution >= 4 is 56.9 Å². The van der Waals surface area contributed by atoms with Crippen LogP contribution in [0.3, 0.4) is 0 Å². The van der Waals surface area contributed by atoms with E-state index in [2.05, 4.69) is 0 Å². The molecular weight excluding hydrogens is 541 g/mol. The molecule has 4 aromatic rings. The van der Waals surface area contributed by atoms with Crippen LogP contribution in [0.2, 0.25) is 10.0 Å². The number of carbonyl (C=O) groups excluding carboxylic acids is 2. The fourth-order valence-electron chi connectivity index (χ4n) is 4.10. The SMILES string of the molecule is C[C@@](N)(Cn1ccc2c(Cl)c(F)ccc21)OC(=O)/C=C/C(=O)O[C@](C)(N)Cn1ccc2c(Cl)c(F)ccc21. The Kier molecular flexibility index (Phi) is 7.53. The minimum absolute atomic E-state index is 0.0204. The van der Waals surface area contributed by atoms with E-state index in [1.54, 1.807) is 33.7 Å². The summed E-state index contributed by atoms with van der Waals surface area (Å²) >= 11 is 12.0. The van der Waals surface area contributed by atoms with Crippen molar-refractivity contribution in [3.05, 3.63) is 82.6 Å². The second-order valence-corrected chi connectivity index (χ2v) is 10.0. The summed E-state index contributed by atoms with van der Waals surface area (Å²) in [5.74, 6) is -2.88. The van der Waals surface area contributed by atoms with Crippen LogP contribution in [-0.2, 0) is 32.2 Å². The lowest BCUT2D eigenvalue weighted by atomic mass is 10.2. The molecule has 12 heteroatoms. The molecule has 2 aromatic carbocycles.